The number of hydrogen-bond acceptors (Lipinski definition) is 2. The van der Waals surface area contributed by atoms with Crippen LogP contribution in [0.25, 0.3) is 0 Å². The number of piperidine rings is 2. The van der Waals surface area contributed by atoms with Gasteiger partial charge in [-0.25, -0.2) is 0 Å². The van der Waals surface area contributed by atoms with Crippen LogP contribution in [0.2, 0.25) is 0 Å². The molecule has 2 aliphatic heterocycles. The molecule has 1 N–H and O–H groups in total. The van der Waals surface area contributed by atoms with Crippen LogP contribution in [0.15, 0.2) is 0 Å². The van der Waals surface area contributed by atoms with E-state index in [1.807, 2.05) is 0 Å². The molecule has 3 aliphatic rings. The van der Waals surface area contributed by atoms with Gasteiger partial charge in [0, 0.05) is 24.2 Å². The summed E-state index contributed by atoms with van der Waals surface area (Å²) in [5.74, 6) is 1.08. The molecule has 3 atom stereocenters. The Bertz CT molecular complexity index is 248. The molecular weight excluding hydrogens is 208 g/mol. The first-order chi connectivity index (χ1) is 8.28. The minimum absolute atomic E-state index is 0.787. The van der Waals surface area contributed by atoms with Crippen molar-refractivity contribution in [1.29, 1.82) is 0 Å². The van der Waals surface area contributed by atoms with Gasteiger partial charge in [-0.1, -0.05) is 19.3 Å². The van der Waals surface area contributed by atoms with Gasteiger partial charge in [-0.15, -0.1) is 0 Å². The number of fused-ring (bicyclic) bond motifs is 2. The standard InChI is InChI=1S/C15H28N2/c1-11(8-12-6-7-12)17-14-4-3-5-15(17)10-13(9-14)16-2/h11-16H,3-10H2,1-2H3. The molecule has 0 amide bonds. The zero-order chi connectivity index (χ0) is 11.8. The highest BCUT2D eigenvalue weighted by molar-refractivity contribution is 4.97. The summed E-state index contributed by atoms with van der Waals surface area (Å²) in [6, 6.07) is 3.40. The predicted molar refractivity (Wildman–Crippen MR) is 72.2 cm³/mol. The Morgan fingerprint density at radius 3 is 2.29 bits per heavy atom. The lowest BCUT2D eigenvalue weighted by atomic mass is 9.80. The van der Waals surface area contributed by atoms with E-state index in [0.717, 1.165) is 30.1 Å². The van der Waals surface area contributed by atoms with E-state index in [1.54, 1.807) is 0 Å². The fourth-order valence-corrected chi connectivity index (χ4v) is 4.33. The molecule has 2 nitrogen and oxygen atoms in total. The molecule has 2 heterocycles. The van der Waals surface area contributed by atoms with Gasteiger partial charge in [0.1, 0.15) is 0 Å². The average Bonchev–Trinajstić information content (AvgIpc) is 3.11. The SMILES string of the molecule is CNC1CC2CCCC(C1)N2C(C)CC1CC1. The van der Waals surface area contributed by atoms with E-state index < -0.39 is 0 Å². The molecule has 3 rings (SSSR count). The zero-order valence-electron chi connectivity index (χ0n) is 11.5. The van der Waals surface area contributed by atoms with Crippen LogP contribution in [0.3, 0.4) is 0 Å². The third kappa shape index (κ3) is 2.53. The molecule has 0 radical (unpaired) electrons. The molecule has 3 fully saturated rings. The Morgan fingerprint density at radius 1 is 1.12 bits per heavy atom. The van der Waals surface area contributed by atoms with E-state index in [-0.39, 0.29) is 0 Å². The van der Waals surface area contributed by atoms with Crippen molar-refractivity contribution in [2.45, 2.75) is 82.5 Å². The summed E-state index contributed by atoms with van der Waals surface area (Å²) < 4.78 is 0. The average molecular weight is 236 g/mol. The van der Waals surface area contributed by atoms with Crippen LogP contribution in [-0.2, 0) is 0 Å². The van der Waals surface area contributed by atoms with Crippen LogP contribution in [0.1, 0.15) is 58.3 Å². The Labute approximate surface area is 106 Å². The summed E-state index contributed by atoms with van der Waals surface area (Å²) in [6.45, 7) is 2.49. The summed E-state index contributed by atoms with van der Waals surface area (Å²) in [7, 11) is 2.14. The third-order valence-electron chi connectivity index (χ3n) is 5.32. The molecular formula is C15H28N2. The van der Waals surface area contributed by atoms with Crippen molar-refractivity contribution < 1.29 is 0 Å². The molecule has 0 aromatic carbocycles. The second-order valence-electron chi connectivity index (χ2n) is 6.67. The van der Waals surface area contributed by atoms with Crippen LogP contribution in [0.5, 0.6) is 0 Å². The number of hydrogen-bond donors (Lipinski definition) is 1. The first-order valence-corrected chi connectivity index (χ1v) is 7.72. The lowest BCUT2D eigenvalue weighted by Crippen LogP contribution is -2.58. The predicted octanol–water partition coefficient (Wildman–Crippen LogP) is 2.78. The monoisotopic (exact) mass is 236 g/mol. The molecule has 98 valence electrons. The van der Waals surface area contributed by atoms with Crippen LogP contribution in [-0.4, -0.2) is 36.1 Å². The fourth-order valence-electron chi connectivity index (χ4n) is 4.33. The Balaban J connectivity index is 1.66. The first-order valence-electron chi connectivity index (χ1n) is 7.72. The van der Waals surface area contributed by atoms with Crippen LogP contribution in [0, 0.1) is 5.92 Å². The minimum Gasteiger partial charge on any atom is -0.317 e. The minimum atomic E-state index is 0.787. The van der Waals surface area contributed by atoms with Gasteiger partial charge in [-0.2, -0.15) is 0 Å². The van der Waals surface area contributed by atoms with Crippen molar-refractivity contribution in [3.63, 3.8) is 0 Å². The molecule has 2 bridgehead atoms. The van der Waals surface area contributed by atoms with Crippen molar-refractivity contribution in [2.75, 3.05) is 7.05 Å². The second kappa shape index (κ2) is 4.89. The van der Waals surface area contributed by atoms with Gasteiger partial charge in [-0.3, -0.25) is 4.90 Å². The molecule has 0 aromatic rings. The summed E-state index contributed by atoms with van der Waals surface area (Å²) in [4.78, 5) is 2.91. The summed E-state index contributed by atoms with van der Waals surface area (Å²) in [6.07, 6.45) is 11.6. The van der Waals surface area contributed by atoms with Gasteiger partial charge in [0.15, 0.2) is 0 Å². The Morgan fingerprint density at radius 2 is 1.76 bits per heavy atom. The Hall–Kier alpha value is -0.0800. The van der Waals surface area contributed by atoms with E-state index in [2.05, 4.69) is 24.2 Å². The second-order valence-corrected chi connectivity index (χ2v) is 6.67. The lowest BCUT2D eigenvalue weighted by Gasteiger charge is -2.51. The van der Waals surface area contributed by atoms with Crippen LogP contribution in [0.4, 0.5) is 0 Å². The van der Waals surface area contributed by atoms with Crippen LogP contribution < -0.4 is 5.32 Å². The molecule has 3 unspecified atom stereocenters. The smallest absolute Gasteiger partial charge is 0.0116 e. The van der Waals surface area contributed by atoms with Gasteiger partial charge in [0.05, 0.1) is 0 Å². The maximum atomic E-state index is 3.52. The first kappa shape index (κ1) is 12.0. The number of rotatable bonds is 4. The quantitative estimate of drug-likeness (QED) is 0.807. The molecule has 1 aliphatic carbocycles. The molecule has 0 aromatic heterocycles. The summed E-state index contributed by atoms with van der Waals surface area (Å²) in [5.41, 5.74) is 0. The van der Waals surface area contributed by atoms with E-state index in [1.165, 1.54) is 51.4 Å². The van der Waals surface area contributed by atoms with Gasteiger partial charge >= 0.3 is 0 Å². The highest BCUT2D eigenvalue weighted by Crippen LogP contribution is 2.40. The molecule has 2 saturated heterocycles. The Kier molecular flexibility index (Phi) is 3.45. The molecule has 0 spiro atoms. The molecule has 1 saturated carbocycles. The van der Waals surface area contributed by atoms with Crippen LogP contribution >= 0.6 is 0 Å². The maximum Gasteiger partial charge on any atom is 0.0116 e. The van der Waals surface area contributed by atoms with Gasteiger partial charge in [-0.05, 0) is 52.0 Å². The summed E-state index contributed by atoms with van der Waals surface area (Å²) in [5, 5.41) is 3.52. The topological polar surface area (TPSA) is 15.3 Å². The zero-order valence-corrected chi connectivity index (χ0v) is 11.5. The summed E-state index contributed by atoms with van der Waals surface area (Å²) >= 11 is 0. The van der Waals surface area contributed by atoms with Crippen molar-refractivity contribution >= 4 is 0 Å². The van der Waals surface area contributed by atoms with E-state index in [9.17, 15) is 0 Å². The lowest BCUT2D eigenvalue weighted by molar-refractivity contribution is -0.00819. The van der Waals surface area contributed by atoms with Crippen molar-refractivity contribution in [1.82, 2.24) is 10.2 Å². The van der Waals surface area contributed by atoms with E-state index >= 15 is 0 Å². The largest absolute Gasteiger partial charge is 0.317 e. The van der Waals surface area contributed by atoms with Crippen molar-refractivity contribution in [3.05, 3.63) is 0 Å². The van der Waals surface area contributed by atoms with Gasteiger partial charge in [0.25, 0.3) is 0 Å². The van der Waals surface area contributed by atoms with Gasteiger partial charge in [0.2, 0.25) is 0 Å². The maximum absolute atomic E-state index is 3.52. The van der Waals surface area contributed by atoms with Crippen molar-refractivity contribution in [3.8, 4) is 0 Å². The van der Waals surface area contributed by atoms with E-state index in [4.69, 9.17) is 0 Å². The number of nitrogens with zero attached hydrogens (tertiary/aromatic N) is 1. The van der Waals surface area contributed by atoms with E-state index in [0.29, 0.717) is 0 Å². The molecule has 17 heavy (non-hydrogen) atoms. The van der Waals surface area contributed by atoms with Gasteiger partial charge < -0.3 is 5.32 Å². The highest BCUT2D eigenvalue weighted by atomic mass is 15.2. The normalized spacial score (nSPS) is 40.2. The highest BCUT2D eigenvalue weighted by Gasteiger charge is 2.40. The third-order valence-corrected chi connectivity index (χ3v) is 5.32. The van der Waals surface area contributed by atoms with Crippen molar-refractivity contribution in [2.24, 2.45) is 5.92 Å². The number of nitrogens with one attached hydrogen (secondary N) is 1. The molecule has 2 heteroatoms. The fraction of sp³-hybridized carbons (Fsp3) is 1.00.